The van der Waals surface area contributed by atoms with Gasteiger partial charge in [-0.2, -0.15) is 4.31 Å². The minimum atomic E-state index is -3.90. The Morgan fingerprint density at radius 1 is 1.22 bits per heavy atom. The number of alkyl halides is 1. The third-order valence-electron chi connectivity index (χ3n) is 3.99. The van der Waals surface area contributed by atoms with Gasteiger partial charge in [0.05, 0.1) is 10.9 Å². The van der Waals surface area contributed by atoms with Gasteiger partial charge >= 0.3 is 6.09 Å². The summed E-state index contributed by atoms with van der Waals surface area (Å²) in [5.41, 5.74) is 0.961. The van der Waals surface area contributed by atoms with Crippen LogP contribution in [0.25, 0.3) is 0 Å². The first-order chi connectivity index (χ1) is 10.9. The molecule has 0 saturated carbocycles. The molecule has 2 rings (SSSR count). The van der Waals surface area contributed by atoms with E-state index in [0.717, 1.165) is 29.1 Å². The standard InChI is InChI=1S/C16H22BrNO4S/c1-3-4-5-6-15-14(11-17)18(16(19)22-15)23(20,21)13-9-7-12(2)8-10-13/h7-10,14-15H,3-6,11H2,1-2H3/t14-,15-/m0/s1. The smallest absolute Gasteiger partial charge is 0.424 e. The Hall–Kier alpha value is -1.08. The summed E-state index contributed by atoms with van der Waals surface area (Å²) >= 11 is 3.33. The lowest BCUT2D eigenvalue weighted by molar-refractivity contribution is 0.126. The lowest BCUT2D eigenvalue weighted by atomic mass is 10.1. The van der Waals surface area contributed by atoms with E-state index in [9.17, 15) is 13.2 Å². The maximum absolute atomic E-state index is 12.8. The normalized spacial score (nSPS) is 21.5. The Kier molecular flexibility index (Phi) is 6.08. The minimum absolute atomic E-state index is 0.111. The zero-order valence-electron chi connectivity index (χ0n) is 13.4. The highest BCUT2D eigenvalue weighted by molar-refractivity contribution is 9.09. The highest BCUT2D eigenvalue weighted by Crippen LogP contribution is 2.31. The molecule has 0 aliphatic carbocycles. The van der Waals surface area contributed by atoms with Gasteiger partial charge in [0, 0.05) is 5.33 Å². The SMILES string of the molecule is CCCCC[C@@H]1OC(=O)N(S(=O)(=O)c2ccc(C)cc2)[C@H]1CBr. The zero-order valence-corrected chi connectivity index (χ0v) is 15.8. The van der Waals surface area contributed by atoms with Gasteiger partial charge in [0.25, 0.3) is 10.0 Å². The molecule has 0 spiro atoms. The third kappa shape index (κ3) is 3.88. The Bertz CT molecular complexity index is 645. The monoisotopic (exact) mass is 403 g/mol. The number of nitrogens with zero attached hydrogens (tertiary/aromatic N) is 1. The van der Waals surface area contributed by atoms with E-state index in [-0.39, 0.29) is 4.90 Å². The molecule has 1 amide bonds. The number of unbranched alkanes of at least 4 members (excludes halogenated alkanes) is 2. The van der Waals surface area contributed by atoms with Crippen LogP contribution in [0.4, 0.5) is 4.79 Å². The van der Waals surface area contributed by atoms with Crippen molar-refractivity contribution in [3.05, 3.63) is 29.8 Å². The minimum Gasteiger partial charge on any atom is -0.443 e. The molecule has 1 aliphatic heterocycles. The molecule has 1 aromatic carbocycles. The fourth-order valence-corrected chi connectivity index (χ4v) is 5.07. The molecular formula is C16H22BrNO4S. The van der Waals surface area contributed by atoms with Crippen molar-refractivity contribution < 1.29 is 17.9 Å². The summed E-state index contributed by atoms with van der Waals surface area (Å²) in [6.07, 6.45) is 2.51. The van der Waals surface area contributed by atoms with Gasteiger partial charge in [-0.25, -0.2) is 13.2 Å². The van der Waals surface area contributed by atoms with Crippen molar-refractivity contribution in [2.24, 2.45) is 0 Å². The lowest BCUT2D eigenvalue weighted by Gasteiger charge is -2.22. The quantitative estimate of drug-likeness (QED) is 0.512. The van der Waals surface area contributed by atoms with Crippen molar-refractivity contribution in [2.45, 2.75) is 56.6 Å². The van der Waals surface area contributed by atoms with Gasteiger partial charge in [-0.15, -0.1) is 0 Å². The van der Waals surface area contributed by atoms with E-state index in [0.29, 0.717) is 11.8 Å². The molecule has 5 nitrogen and oxygen atoms in total. The van der Waals surface area contributed by atoms with E-state index >= 15 is 0 Å². The van der Waals surface area contributed by atoms with Gasteiger partial charge in [0.2, 0.25) is 0 Å². The molecule has 1 aliphatic rings. The van der Waals surface area contributed by atoms with Crippen molar-refractivity contribution in [1.29, 1.82) is 0 Å². The zero-order chi connectivity index (χ0) is 17.0. The highest BCUT2D eigenvalue weighted by Gasteiger charge is 2.47. The fraction of sp³-hybridized carbons (Fsp3) is 0.562. The van der Waals surface area contributed by atoms with Gasteiger partial charge < -0.3 is 4.74 Å². The van der Waals surface area contributed by atoms with Crippen LogP contribution >= 0.6 is 15.9 Å². The van der Waals surface area contributed by atoms with Crippen molar-refractivity contribution >= 4 is 32.0 Å². The maximum Gasteiger partial charge on any atom is 0.424 e. The number of ether oxygens (including phenoxy) is 1. The Morgan fingerprint density at radius 3 is 2.43 bits per heavy atom. The van der Waals surface area contributed by atoms with Gasteiger partial charge in [-0.05, 0) is 31.9 Å². The molecule has 1 heterocycles. The molecule has 1 saturated heterocycles. The first-order valence-corrected chi connectivity index (χ1v) is 10.4. The molecular weight excluding hydrogens is 382 g/mol. The summed E-state index contributed by atoms with van der Waals surface area (Å²) in [6, 6.07) is 5.97. The number of halogens is 1. The average molecular weight is 404 g/mol. The highest BCUT2D eigenvalue weighted by atomic mass is 79.9. The van der Waals surface area contributed by atoms with Gasteiger partial charge in [0.1, 0.15) is 6.10 Å². The number of cyclic esters (lactones) is 1. The molecule has 1 aromatic rings. The summed E-state index contributed by atoms with van der Waals surface area (Å²) in [5, 5.41) is 0.362. The van der Waals surface area contributed by atoms with Crippen LogP contribution in [0.2, 0.25) is 0 Å². The Morgan fingerprint density at radius 2 is 1.87 bits per heavy atom. The average Bonchev–Trinajstić information content (AvgIpc) is 2.84. The molecule has 128 valence electrons. The van der Waals surface area contributed by atoms with Gasteiger partial charge in [-0.3, -0.25) is 0 Å². The summed E-state index contributed by atoms with van der Waals surface area (Å²) in [4.78, 5) is 12.3. The molecule has 0 aromatic heterocycles. The summed E-state index contributed by atoms with van der Waals surface area (Å²) in [5.74, 6) is 0. The summed E-state index contributed by atoms with van der Waals surface area (Å²) in [7, 11) is -3.90. The Balaban J connectivity index is 2.25. The third-order valence-corrected chi connectivity index (χ3v) is 6.46. The lowest BCUT2D eigenvalue weighted by Crippen LogP contribution is -2.42. The molecule has 0 N–H and O–H groups in total. The first-order valence-electron chi connectivity index (χ1n) is 7.79. The topological polar surface area (TPSA) is 63.7 Å². The molecule has 23 heavy (non-hydrogen) atoms. The van der Waals surface area contributed by atoms with E-state index in [1.807, 2.05) is 6.92 Å². The van der Waals surface area contributed by atoms with E-state index in [1.165, 1.54) is 12.1 Å². The van der Waals surface area contributed by atoms with Crippen LogP contribution in [0.3, 0.4) is 0 Å². The number of rotatable bonds is 7. The number of carbonyl (C=O) groups excluding carboxylic acids is 1. The van der Waals surface area contributed by atoms with Crippen LogP contribution in [-0.4, -0.2) is 36.3 Å². The molecule has 0 unspecified atom stereocenters. The van der Waals surface area contributed by atoms with Crippen LogP contribution in [0.5, 0.6) is 0 Å². The second kappa shape index (κ2) is 7.66. The number of hydrogen-bond acceptors (Lipinski definition) is 4. The van der Waals surface area contributed by atoms with E-state index in [4.69, 9.17) is 4.74 Å². The predicted molar refractivity (Wildman–Crippen MR) is 92.2 cm³/mol. The number of carbonyl (C=O) groups is 1. The maximum atomic E-state index is 12.8. The molecule has 7 heteroatoms. The van der Waals surface area contributed by atoms with E-state index in [1.54, 1.807) is 12.1 Å². The van der Waals surface area contributed by atoms with Gasteiger partial charge in [-0.1, -0.05) is 53.4 Å². The van der Waals surface area contributed by atoms with Crippen LogP contribution in [0.15, 0.2) is 29.2 Å². The number of aryl methyl sites for hydroxylation is 1. The largest absolute Gasteiger partial charge is 0.443 e. The van der Waals surface area contributed by atoms with Crippen LogP contribution in [-0.2, 0) is 14.8 Å². The number of amides is 1. The second-order valence-corrected chi connectivity index (χ2v) is 8.22. The van der Waals surface area contributed by atoms with Crippen molar-refractivity contribution in [3.63, 3.8) is 0 Å². The van der Waals surface area contributed by atoms with E-state index < -0.39 is 28.3 Å². The fourth-order valence-electron chi connectivity index (χ4n) is 2.66. The molecule has 1 fully saturated rings. The number of sulfonamides is 1. The number of hydrogen-bond donors (Lipinski definition) is 0. The number of benzene rings is 1. The van der Waals surface area contributed by atoms with Crippen LogP contribution < -0.4 is 0 Å². The Labute approximate surface area is 146 Å². The second-order valence-electron chi connectivity index (χ2n) is 5.75. The van der Waals surface area contributed by atoms with Crippen molar-refractivity contribution in [1.82, 2.24) is 4.31 Å². The van der Waals surface area contributed by atoms with Crippen molar-refractivity contribution in [3.8, 4) is 0 Å². The molecule has 2 atom stereocenters. The van der Waals surface area contributed by atoms with Gasteiger partial charge in [0.15, 0.2) is 0 Å². The van der Waals surface area contributed by atoms with E-state index in [2.05, 4.69) is 22.9 Å². The van der Waals surface area contributed by atoms with Crippen LogP contribution in [0.1, 0.15) is 38.2 Å². The van der Waals surface area contributed by atoms with Crippen LogP contribution in [0, 0.1) is 6.92 Å². The molecule has 0 bridgehead atoms. The predicted octanol–water partition coefficient (Wildman–Crippen LogP) is 3.85. The van der Waals surface area contributed by atoms with Crippen molar-refractivity contribution in [2.75, 3.05) is 5.33 Å². The molecule has 0 radical (unpaired) electrons. The first kappa shape index (κ1) is 18.3. The summed E-state index contributed by atoms with van der Waals surface area (Å²) in [6.45, 7) is 3.97. The summed E-state index contributed by atoms with van der Waals surface area (Å²) < 4.78 is 31.8.